The molecule has 1 aromatic heterocycles. The van der Waals surface area contributed by atoms with Gasteiger partial charge in [0.2, 0.25) is 15.9 Å². The summed E-state index contributed by atoms with van der Waals surface area (Å²) in [5.74, 6) is 0.608. The summed E-state index contributed by atoms with van der Waals surface area (Å²) in [7, 11) is -2.42. The van der Waals surface area contributed by atoms with Gasteiger partial charge in [0.25, 0.3) is 5.91 Å². The average Bonchev–Trinajstić information content (AvgIpc) is 2.93. The van der Waals surface area contributed by atoms with Crippen LogP contribution in [0.2, 0.25) is 0 Å². The fourth-order valence-electron chi connectivity index (χ4n) is 4.50. The van der Waals surface area contributed by atoms with Gasteiger partial charge >= 0.3 is 0 Å². The van der Waals surface area contributed by atoms with E-state index in [1.54, 1.807) is 44.1 Å². The number of hydrogen-bond acceptors (Lipinski definition) is 7. The lowest BCUT2D eigenvalue weighted by atomic mass is 9.88. The molecule has 1 aliphatic heterocycles. The number of rotatable bonds is 9. The van der Waals surface area contributed by atoms with Gasteiger partial charge in [0.15, 0.2) is 0 Å². The first-order valence-electron chi connectivity index (χ1n) is 12.9. The fraction of sp³-hybridized carbons (Fsp3) is 0.379. The van der Waals surface area contributed by atoms with E-state index >= 15 is 0 Å². The largest absolute Gasteiger partial charge is 0.497 e. The smallest absolute Gasteiger partial charge is 0.255 e. The van der Waals surface area contributed by atoms with Gasteiger partial charge in [-0.2, -0.15) is 0 Å². The molecule has 10 heteroatoms. The Bertz CT molecular complexity index is 1420. The number of carbonyl (C=O) groups is 1. The van der Waals surface area contributed by atoms with E-state index in [1.807, 2.05) is 38.1 Å². The van der Waals surface area contributed by atoms with Crippen LogP contribution in [0.3, 0.4) is 0 Å². The molecular weight excluding hydrogens is 518 g/mol. The van der Waals surface area contributed by atoms with Crippen molar-refractivity contribution < 1.29 is 27.8 Å². The van der Waals surface area contributed by atoms with Gasteiger partial charge < -0.3 is 19.5 Å². The number of benzene rings is 2. The van der Waals surface area contributed by atoms with Crippen LogP contribution < -0.4 is 14.2 Å². The number of hydrogen-bond donors (Lipinski definition) is 2. The van der Waals surface area contributed by atoms with Crippen LogP contribution in [-0.2, 0) is 23.0 Å². The second-order valence-corrected chi connectivity index (χ2v) is 11.7. The number of aliphatic hydroxyl groups is 1. The lowest BCUT2D eigenvalue weighted by molar-refractivity contribution is -0.0632. The Kier molecular flexibility index (Phi) is 8.29. The van der Waals surface area contributed by atoms with Crippen LogP contribution in [0, 0.1) is 0 Å². The molecule has 0 bridgehead atoms. The second kappa shape index (κ2) is 11.3. The molecule has 1 aliphatic rings. The highest BCUT2D eigenvalue weighted by Crippen LogP contribution is 2.39. The fourth-order valence-corrected chi connectivity index (χ4v) is 5.72. The van der Waals surface area contributed by atoms with Gasteiger partial charge in [-0.1, -0.05) is 31.2 Å². The molecule has 0 spiro atoms. The number of pyridine rings is 1. The molecule has 2 atom stereocenters. The molecule has 2 N–H and O–H groups in total. The normalized spacial score (nSPS) is 18.1. The van der Waals surface area contributed by atoms with Crippen LogP contribution in [0.4, 0.5) is 0 Å². The molecule has 0 aliphatic carbocycles. The molecule has 0 saturated carbocycles. The molecular formula is C29H35N3O6S. The van der Waals surface area contributed by atoms with Gasteiger partial charge in [-0.05, 0) is 68.7 Å². The Morgan fingerprint density at radius 3 is 2.33 bits per heavy atom. The number of aromatic nitrogens is 1. The summed E-state index contributed by atoms with van der Waals surface area (Å²) in [6, 6.07) is 14.5. The summed E-state index contributed by atoms with van der Waals surface area (Å²) in [6.45, 7) is 7.99. The first-order chi connectivity index (χ1) is 18.5. The van der Waals surface area contributed by atoms with E-state index in [2.05, 4.69) is 9.71 Å². The van der Waals surface area contributed by atoms with Crippen molar-refractivity contribution in [1.29, 1.82) is 0 Å². The molecule has 39 heavy (non-hydrogen) atoms. The van der Waals surface area contributed by atoms with Crippen LogP contribution in [0.5, 0.6) is 11.6 Å². The van der Waals surface area contributed by atoms with E-state index in [1.165, 1.54) is 18.3 Å². The maximum Gasteiger partial charge on any atom is 0.255 e. The predicted molar refractivity (Wildman–Crippen MR) is 147 cm³/mol. The molecule has 4 rings (SSSR count). The highest BCUT2D eigenvalue weighted by molar-refractivity contribution is 7.89. The number of nitrogens with zero attached hydrogens (tertiary/aromatic N) is 2. The van der Waals surface area contributed by atoms with Crippen molar-refractivity contribution in [3.8, 4) is 11.6 Å². The van der Waals surface area contributed by atoms with Crippen molar-refractivity contribution in [2.75, 3.05) is 13.7 Å². The zero-order chi connectivity index (χ0) is 28.4. The van der Waals surface area contributed by atoms with Crippen LogP contribution in [0.15, 0.2) is 65.7 Å². The third-order valence-corrected chi connectivity index (χ3v) is 8.43. The SMILES string of the molecule is CCc1ccc(S(=O)(=O)N[C@@H]2c3cc(C(=O)N(CC)Cc4ccc(OC)cc4)cnc3OC(C)(C)[C@H]2O)cc1. The van der Waals surface area contributed by atoms with Crippen LogP contribution in [0.25, 0.3) is 0 Å². The number of amides is 1. The van der Waals surface area contributed by atoms with Crippen molar-refractivity contribution in [2.45, 2.75) is 63.3 Å². The highest BCUT2D eigenvalue weighted by Gasteiger charge is 2.45. The first-order valence-corrected chi connectivity index (χ1v) is 14.4. The minimum atomic E-state index is -4.01. The lowest BCUT2D eigenvalue weighted by Crippen LogP contribution is -2.53. The number of aryl methyl sites for hydroxylation is 1. The van der Waals surface area contributed by atoms with Crippen LogP contribution in [-0.4, -0.2) is 54.7 Å². The number of nitrogens with one attached hydrogen (secondary N) is 1. The van der Waals surface area contributed by atoms with Crippen LogP contribution in [0.1, 0.15) is 60.8 Å². The molecule has 0 fully saturated rings. The Balaban J connectivity index is 1.65. The zero-order valence-electron chi connectivity index (χ0n) is 22.8. The third kappa shape index (κ3) is 6.08. The summed E-state index contributed by atoms with van der Waals surface area (Å²) in [4.78, 5) is 19.6. The minimum absolute atomic E-state index is 0.0783. The van der Waals surface area contributed by atoms with Crippen molar-refractivity contribution >= 4 is 15.9 Å². The monoisotopic (exact) mass is 553 g/mol. The summed E-state index contributed by atoms with van der Waals surface area (Å²) in [5, 5.41) is 11.2. The van der Waals surface area contributed by atoms with E-state index in [4.69, 9.17) is 9.47 Å². The zero-order valence-corrected chi connectivity index (χ0v) is 23.7. The quantitative estimate of drug-likeness (QED) is 0.413. The van der Waals surface area contributed by atoms with E-state index in [9.17, 15) is 18.3 Å². The summed E-state index contributed by atoms with van der Waals surface area (Å²) in [6.07, 6.45) is 0.952. The summed E-state index contributed by atoms with van der Waals surface area (Å²) >= 11 is 0. The number of sulfonamides is 1. The lowest BCUT2D eigenvalue weighted by Gasteiger charge is -2.41. The molecule has 3 aromatic rings. The van der Waals surface area contributed by atoms with Gasteiger partial charge in [-0.15, -0.1) is 0 Å². The first kappa shape index (κ1) is 28.5. The maximum absolute atomic E-state index is 13.5. The van der Waals surface area contributed by atoms with Gasteiger partial charge in [-0.25, -0.2) is 18.1 Å². The number of carbonyl (C=O) groups excluding carboxylic acids is 1. The van der Waals surface area contributed by atoms with Crippen LogP contribution >= 0.6 is 0 Å². The number of aliphatic hydroxyl groups excluding tert-OH is 1. The van der Waals surface area contributed by atoms with Crippen molar-refractivity contribution in [2.24, 2.45) is 0 Å². The van der Waals surface area contributed by atoms with E-state index in [0.29, 0.717) is 18.7 Å². The van der Waals surface area contributed by atoms with Gasteiger partial charge in [0.1, 0.15) is 17.5 Å². The molecule has 0 radical (unpaired) electrons. The molecule has 2 heterocycles. The molecule has 2 aromatic carbocycles. The molecule has 0 saturated heterocycles. The Morgan fingerprint density at radius 2 is 1.74 bits per heavy atom. The Labute approximate surface area is 229 Å². The van der Waals surface area contributed by atoms with E-state index < -0.39 is 27.8 Å². The number of methoxy groups -OCH3 is 1. The molecule has 208 valence electrons. The van der Waals surface area contributed by atoms with Gasteiger partial charge in [-0.3, -0.25) is 4.79 Å². The third-order valence-electron chi connectivity index (χ3n) is 6.97. The van der Waals surface area contributed by atoms with Crippen molar-refractivity contribution in [3.63, 3.8) is 0 Å². The number of fused-ring (bicyclic) bond motifs is 1. The van der Waals surface area contributed by atoms with E-state index in [0.717, 1.165) is 23.3 Å². The predicted octanol–water partition coefficient (Wildman–Crippen LogP) is 3.87. The van der Waals surface area contributed by atoms with Crippen molar-refractivity contribution in [3.05, 3.63) is 83.0 Å². The summed E-state index contributed by atoms with van der Waals surface area (Å²) < 4.78 is 40.4. The van der Waals surface area contributed by atoms with Gasteiger partial charge in [0, 0.05) is 24.8 Å². The molecule has 9 nitrogen and oxygen atoms in total. The second-order valence-electron chi connectivity index (χ2n) is 10.0. The highest BCUT2D eigenvalue weighted by atomic mass is 32.2. The maximum atomic E-state index is 13.5. The number of ether oxygens (including phenoxy) is 2. The van der Waals surface area contributed by atoms with Gasteiger partial charge in [0.05, 0.1) is 23.6 Å². The van der Waals surface area contributed by atoms with Crippen molar-refractivity contribution in [1.82, 2.24) is 14.6 Å². The standard InChI is InChI=1S/C29H35N3O6S/c1-6-19-10-14-23(15-11-19)39(35,36)31-25-24-16-21(17-30-27(24)38-29(3,4)26(25)33)28(34)32(7-2)18-20-8-12-22(37-5)13-9-20/h8-17,25-26,31,33H,6-7,18H2,1-5H3/t25-,26+/m1/s1. The minimum Gasteiger partial charge on any atom is -0.497 e. The molecule has 0 unspecified atom stereocenters. The average molecular weight is 554 g/mol. The molecule has 1 amide bonds. The summed E-state index contributed by atoms with van der Waals surface area (Å²) in [5.41, 5.74) is 1.36. The van der Waals surface area contributed by atoms with E-state index in [-0.39, 0.29) is 22.2 Å². The topological polar surface area (TPSA) is 118 Å². The Morgan fingerprint density at radius 1 is 1.10 bits per heavy atom. The Hall–Kier alpha value is -3.47.